The van der Waals surface area contributed by atoms with Crippen LogP contribution in [0.15, 0.2) is 47.3 Å². The lowest BCUT2D eigenvalue weighted by Crippen LogP contribution is -2.21. The molecular formula is C27H34N4O2S3. The molecule has 0 aliphatic rings. The second kappa shape index (κ2) is 12.6. The van der Waals surface area contributed by atoms with Crippen LogP contribution in [0.5, 0.6) is 5.75 Å². The molecule has 4 aromatic rings. The molecule has 6 nitrogen and oxygen atoms in total. The summed E-state index contributed by atoms with van der Waals surface area (Å²) in [5.74, 6) is 0.747. The van der Waals surface area contributed by atoms with Crippen LogP contribution in [0.4, 0.5) is 0 Å². The fourth-order valence-corrected chi connectivity index (χ4v) is 5.62. The van der Waals surface area contributed by atoms with E-state index in [0.29, 0.717) is 31.4 Å². The molecular weight excluding hydrogens is 509 g/mol. The highest BCUT2D eigenvalue weighted by molar-refractivity contribution is 7.73. The molecule has 0 amide bonds. The van der Waals surface area contributed by atoms with Crippen LogP contribution in [-0.2, 0) is 0 Å². The molecule has 0 bridgehead atoms. The first-order valence-corrected chi connectivity index (χ1v) is 13.8. The van der Waals surface area contributed by atoms with E-state index in [1.807, 2.05) is 61.7 Å². The summed E-state index contributed by atoms with van der Waals surface area (Å²) in [6.07, 6.45) is 0. The van der Waals surface area contributed by atoms with Crippen molar-refractivity contribution in [3.63, 3.8) is 0 Å². The molecule has 0 aliphatic heterocycles. The zero-order chi connectivity index (χ0) is 26.4. The smallest absolute Gasteiger partial charge is 0.278 e. The first-order chi connectivity index (χ1) is 17.2. The summed E-state index contributed by atoms with van der Waals surface area (Å²) in [5, 5.41) is 0. The minimum Gasteiger partial charge on any atom is -0.494 e. The minimum absolute atomic E-state index is 0.187. The van der Waals surface area contributed by atoms with Crippen LogP contribution < -0.4 is 10.3 Å². The van der Waals surface area contributed by atoms with Crippen LogP contribution >= 0.6 is 35.8 Å². The maximum absolute atomic E-state index is 13.3. The quantitative estimate of drug-likeness (QED) is 0.255. The van der Waals surface area contributed by atoms with Gasteiger partial charge in [-0.1, -0.05) is 49.8 Å². The number of benzene rings is 2. The van der Waals surface area contributed by atoms with Gasteiger partial charge in [0.1, 0.15) is 16.1 Å². The van der Waals surface area contributed by atoms with E-state index in [1.165, 1.54) is 41.1 Å². The van der Waals surface area contributed by atoms with Crippen LogP contribution in [0.25, 0.3) is 21.7 Å². The van der Waals surface area contributed by atoms with Crippen LogP contribution in [0, 0.1) is 22.6 Å². The fraction of sp³-hybridized carbons (Fsp3) is 0.370. The predicted octanol–water partition coefficient (Wildman–Crippen LogP) is 6.99. The Morgan fingerprint density at radius 3 is 2.11 bits per heavy atom. The minimum atomic E-state index is -0.187. The predicted molar refractivity (Wildman–Crippen MR) is 157 cm³/mol. The summed E-state index contributed by atoms with van der Waals surface area (Å²) < 4.78 is 10.3. The number of nitrogens with one attached hydrogen (secondary N) is 1. The fourth-order valence-electron chi connectivity index (χ4n) is 4.02. The lowest BCUT2D eigenvalue weighted by atomic mass is 10.1. The average Bonchev–Trinajstić information content (AvgIpc) is 3.18. The Morgan fingerprint density at radius 1 is 0.944 bits per heavy atom. The normalized spacial score (nSPS) is 11.0. The van der Waals surface area contributed by atoms with Crippen molar-refractivity contribution in [1.82, 2.24) is 19.0 Å². The van der Waals surface area contributed by atoms with Gasteiger partial charge in [-0.15, -0.1) is 0 Å². The van der Waals surface area contributed by atoms with Crippen molar-refractivity contribution in [3.05, 3.63) is 72.7 Å². The number of fused-ring (bicyclic) bond motifs is 1. The number of aromatic nitrogens is 3. The molecule has 192 valence electrons. The van der Waals surface area contributed by atoms with Crippen molar-refractivity contribution in [2.24, 2.45) is 0 Å². The molecule has 0 aliphatic carbocycles. The number of rotatable bonds is 7. The first kappa shape index (κ1) is 28.0. The van der Waals surface area contributed by atoms with Gasteiger partial charge >= 0.3 is 0 Å². The number of hydrogen-bond acceptors (Lipinski definition) is 6. The SMILES string of the molecule is CCN(CC)CC.CCOc1ccc(-n2c(=S)[nH]c3c(sc(=S)n3-c3ccc(C)cc3C)c2=O)cc1. The van der Waals surface area contributed by atoms with Gasteiger partial charge in [-0.3, -0.25) is 13.9 Å². The van der Waals surface area contributed by atoms with Crippen molar-refractivity contribution >= 4 is 46.1 Å². The second-order valence-corrected chi connectivity index (χ2v) is 10.3. The molecule has 2 aromatic carbocycles. The van der Waals surface area contributed by atoms with Gasteiger partial charge in [-0.25, -0.2) is 0 Å². The first-order valence-electron chi connectivity index (χ1n) is 12.2. The molecule has 0 atom stereocenters. The highest BCUT2D eigenvalue weighted by Crippen LogP contribution is 2.26. The highest BCUT2D eigenvalue weighted by Gasteiger charge is 2.16. The van der Waals surface area contributed by atoms with Crippen LogP contribution in [0.2, 0.25) is 0 Å². The second-order valence-electron chi connectivity index (χ2n) is 8.29. The Kier molecular flexibility index (Phi) is 9.78. The van der Waals surface area contributed by atoms with E-state index in [0.717, 1.165) is 17.0 Å². The molecule has 0 saturated heterocycles. The lowest BCUT2D eigenvalue weighted by Gasteiger charge is -2.13. The van der Waals surface area contributed by atoms with Crippen molar-refractivity contribution in [2.75, 3.05) is 26.2 Å². The summed E-state index contributed by atoms with van der Waals surface area (Å²) in [6, 6.07) is 13.4. The number of thiazole rings is 1. The number of nitrogens with zero attached hydrogens (tertiary/aromatic N) is 3. The molecule has 0 fully saturated rings. The number of hydrogen-bond donors (Lipinski definition) is 1. The molecule has 2 heterocycles. The molecule has 9 heteroatoms. The molecule has 36 heavy (non-hydrogen) atoms. The van der Waals surface area contributed by atoms with Crippen LogP contribution in [0.1, 0.15) is 38.8 Å². The Labute approximate surface area is 226 Å². The lowest BCUT2D eigenvalue weighted by molar-refractivity contribution is 0.321. The number of aromatic amines is 1. The Balaban J connectivity index is 0.000000454. The van der Waals surface area contributed by atoms with E-state index in [-0.39, 0.29) is 5.56 Å². The molecule has 0 radical (unpaired) electrons. The van der Waals surface area contributed by atoms with Crippen LogP contribution in [-0.4, -0.2) is 45.3 Å². The maximum atomic E-state index is 13.3. The van der Waals surface area contributed by atoms with E-state index in [4.69, 9.17) is 29.2 Å². The zero-order valence-electron chi connectivity index (χ0n) is 21.8. The summed E-state index contributed by atoms with van der Waals surface area (Å²) in [7, 11) is 0. The molecule has 0 saturated carbocycles. The van der Waals surface area contributed by atoms with E-state index < -0.39 is 0 Å². The molecule has 0 spiro atoms. The van der Waals surface area contributed by atoms with Gasteiger partial charge in [0.25, 0.3) is 5.56 Å². The average molecular weight is 543 g/mol. The molecule has 4 rings (SSSR count). The van der Waals surface area contributed by atoms with E-state index in [1.54, 1.807) is 0 Å². The van der Waals surface area contributed by atoms with E-state index >= 15 is 0 Å². The van der Waals surface area contributed by atoms with Gasteiger partial charge < -0.3 is 14.6 Å². The number of H-pyrrole nitrogens is 1. The highest BCUT2D eigenvalue weighted by atomic mass is 32.1. The van der Waals surface area contributed by atoms with Gasteiger partial charge in [0.2, 0.25) is 0 Å². The van der Waals surface area contributed by atoms with Gasteiger partial charge in [-0.05, 0) is 101 Å². The third-order valence-electron chi connectivity index (χ3n) is 5.98. The summed E-state index contributed by atoms with van der Waals surface area (Å²) >= 11 is 12.4. The van der Waals surface area contributed by atoms with Gasteiger partial charge in [0, 0.05) is 0 Å². The van der Waals surface area contributed by atoms with Gasteiger partial charge in [0.15, 0.2) is 8.73 Å². The van der Waals surface area contributed by atoms with Crippen molar-refractivity contribution < 1.29 is 4.74 Å². The Bertz CT molecular complexity index is 1490. The summed E-state index contributed by atoms with van der Waals surface area (Å²) in [6.45, 7) is 16.7. The molecule has 0 unspecified atom stereocenters. The Hall–Kier alpha value is -2.59. The maximum Gasteiger partial charge on any atom is 0.278 e. The Morgan fingerprint density at radius 2 is 1.58 bits per heavy atom. The van der Waals surface area contributed by atoms with Crippen LogP contribution in [0.3, 0.4) is 0 Å². The molecule has 1 N–H and O–H groups in total. The summed E-state index contributed by atoms with van der Waals surface area (Å²) in [5.41, 5.74) is 4.31. The van der Waals surface area contributed by atoms with Crippen molar-refractivity contribution in [3.8, 4) is 17.1 Å². The summed E-state index contributed by atoms with van der Waals surface area (Å²) in [4.78, 5) is 18.9. The number of aryl methyl sites for hydroxylation is 2. The van der Waals surface area contributed by atoms with E-state index in [9.17, 15) is 4.79 Å². The zero-order valence-corrected chi connectivity index (χ0v) is 24.2. The van der Waals surface area contributed by atoms with Gasteiger partial charge in [0.05, 0.1) is 18.0 Å². The topological polar surface area (TPSA) is 55.2 Å². The standard InChI is InChI=1S/C21H19N3O2S3.C6H15N/c1-4-26-15-8-6-14(7-9-15)23-19(25)17-18(22-20(23)27)24(21(28)29-17)16-10-5-12(2)11-13(16)3;1-4-7(5-2)6-3/h5-11H,4H2,1-3H3,(H,22,27);4-6H2,1-3H3. The number of ether oxygens (including phenoxy) is 1. The largest absolute Gasteiger partial charge is 0.494 e. The van der Waals surface area contributed by atoms with E-state index in [2.05, 4.69) is 36.7 Å². The molecule has 2 aromatic heterocycles. The van der Waals surface area contributed by atoms with Crippen molar-refractivity contribution in [2.45, 2.75) is 41.5 Å². The van der Waals surface area contributed by atoms with Crippen molar-refractivity contribution in [1.29, 1.82) is 0 Å². The third kappa shape index (κ3) is 6.03. The third-order valence-corrected chi connectivity index (χ3v) is 7.62. The monoisotopic (exact) mass is 542 g/mol. The van der Waals surface area contributed by atoms with Gasteiger partial charge in [-0.2, -0.15) is 0 Å².